The molecular formula is C17H18N4O. The number of nitrogens with zero attached hydrogens (tertiary/aromatic N) is 3. The van der Waals surface area contributed by atoms with E-state index in [1.165, 1.54) is 5.69 Å². The van der Waals surface area contributed by atoms with Crippen LogP contribution in [0.3, 0.4) is 0 Å². The lowest BCUT2D eigenvalue weighted by Gasteiger charge is -2.37. The lowest BCUT2D eigenvalue weighted by molar-refractivity contribution is 0.652. The van der Waals surface area contributed by atoms with E-state index in [0.29, 0.717) is 0 Å². The number of nitriles is 1. The monoisotopic (exact) mass is 294 g/mol. The quantitative estimate of drug-likeness (QED) is 0.918. The van der Waals surface area contributed by atoms with Crippen LogP contribution >= 0.6 is 0 Å². The van der Waals surface area contributed by atoms with E-state index in [4.69, 9.17) is 0 Å². The van der Waals surface area contributed by atoms with Gasteiger partial charge in [0.2, 0.25) is 0 Å². The molecule has 1 aromatic carbocycles. The molecular weight excluding hydrogens is 276 g/mol. The van der Waals surface area contributed by atoms with Crippen molar-refractivity contribution < 1.29 is 0 Å². The second-order valence-corrected chi connectivity index (χ2v) is 5.46. The molecule has 0 radical (unpaired) electrons. The zero-order chi connectivity index (χ0) is 15.5. The highest BCUT2D eigenvalue weighted by molar-refractivity contribution is 5.60. The molecule has 2 heterocycles. The average Bonchev–Trinajstić information content (AvgIpc) is 2.55. The molecule has 2 aromatic rings. The Bertz CT molecular complexity index is 752. The summed E-state index contributed by atoms with van der Waals surface area (Å²) in [5.41, 5.74) is 2.65. The molecule has 22 heavy (non-hydrogen) atoms. The van der Waals surface area contributed by atoms with Gasteiger partial charge in [0.15, 0.2) is 0 Å². The highest BCUT2D eigenvalue weighted by Gasteiger charge is 2.21. The van der Waals surface area contributed by atoms with Gasteiger partial charge in [0.1, 0.15) is 11.6 Å². The number of nitrogens with one attached hydrogen (secondary N) is 1. The number of hydrogen-bond donors (Lipinski definition) is 1. The lowest BCUT2D eigenvalue weighted by Crippen LogP contribution is -2.47. The van der Waals surface area contributed by atoms with Gasteiger partial charge in [0, 0.05) is 37.6 Å². The summed E-state index contributed by atoms with van der Waals surface area (Å²) in [5.74, 6) is 0. The number of hydrogen-bond acceptors (Lipinski definition) is 4. The molecule has 5 nitrogen and oxygen atoms in total. The van der Waals surface area contributed by atoms with E-state index in [-0.39, 0.29) is 11.1 Å². The normalized spacial score (nSPS) is 14.7. The molecule has 0 bridgehead atoms. The van der Waals surface area contributed by atoms with Crippen LogP contribution in [-0.4, -0.2) is 31.2 Å². The zero-order valence-corrected chi connectivity index (χ0v) is 12.5. The van der Waals surface area contributed by atoms with Crippen molar-refractivity contribution in [3.63, 3.8) is 0 Å². The average molecular weight is 294 g/mol. The second-order valence-electron chi connectivity index (χ2n) is 5.46. The number of pyridine rings is 1. The largest absolute Gasteiger partial charge is 0.368 e. The van der Waals surface area contributed by atoms with E-state index in [2.05, 4.69) is 26.9 Å². The van der Waals surface area contributed by atoms with Crippen LogP contribution in [0, 0.1) is 18.3 Å². The molecule has 0 amide bonds. The van der Waals surface area contributed by atoms with Crippen molar-refractivity contribution in [2.24, 2.45) is 0 Å². The maximum Gasteiger partial charge on any atom is 0.268 e. The Kier molecular flexibility index (Phi) is 3.84. The summed E-state index contributed by atoms with van der Waals surface area (Å²) in [6.07, 6.45) is 0. The molecule has 112 valence electrons. The van der Waals surface area contributed by atoms with E-state index in [0.717, 1.165) is 37.6 Å². The third-order valence-electron chi connectivity index (χ3n) is 4.00. The Balaban J connectivity index is 1.80. The molecule has 5 heteroatoms. The Labute approximate surface area is 129 Å². The molecule has 1 aromatic heterocycles. The number of para-hydroxylation sites is 1. The van der Waals surface area contributed by atoms with Gasteiger partial charge in [0.25, 0.3) is 5.56 Å². The van der Waals surface area contributed by atoms with Crippen molar-refractivity contribution in [2.75, 3.05) is 36.0 Å². The molecule has 0 spiro atoms. The molecule has 0 saturated carbocycles. The summed E-state index contributed by atoms with van der Waals surface area (Å²) >= 11 is 0. The fraction of sp³-hybridized carbons (Fsp3) is 0.294. The van der Waals surface area contributed by atoms with Gasteiger partial charge in [-0.15, -0.1) is 0 Å². The van der Waals surface area contributed by atoms with Gasteiger partial charge in [-0.1, -0.05) is 18.2 Å². The van der Waals surface area contributed by atoms with Crippen LogP contribution in [0.15, 0.2) is 41.2 Å². The number of rotatable bonds is 2. The first-order chi connectivity index (χ1) is 10.7. The lowest BCUT2D eigenvalue weighted by atomic mass is 10.1. The zero-order valence-electron chi connectivity index (χ0n) is 12.5. The smallest absolute Gasteiger partial charge is 0.268 e. The van der Waals surface area contributed by atoms with E-state index >= 15 is 0 Å². The number of aryl methyl sites for hydroxylation is 1. The third kappa shape index (κ3) is 2.68. The minimum absolute atomic E-state index is 0.207. The van der Waals surface area contributed by atoms with Crippen molar-refractivity contribution in [3.8, 4) is 6.07 Å². The molecule has 3 rings (SSSR count). The van der Waals surface area contributed by atoms with Gasteiger partial charge in [0.05, 0.1) is 5.69 Å². The minimum atomic E-state index is -0.303. The van der Waals surface area contributed by atoms with E-state index < -0.39 is 0 Å². The molecule has 1 aliphatic rings. The Morgan fingerprint density at radius 3 is 2.36 bits per heavy atom. The van der Waals surface area contributed by atoms with Crippen molar-refractivity contribution in [2.45, 2.75) is 6.92 Å². The number of aromatic amines is 1. The molecule has 0 atom stereocenters. The maximum absolute atomic E-state index is 11.9. The van der Waals surface area contributed by atoms with Gasteiger partial charge >= 0.3 is 0 Å². The number of benzene rings is 1. The Hall–Kier alpha value is -2.74. The number of piperazine rings is 1. The SMILES string of the molecule is Cc1cc(N2CCN(c3ccccc3)CC2)c(C#N)c(=O)[nH]1. The summed E-state index contributed by atoms with van der Waals surface area (Å²) in [6.45, 7) is 5.19. The molecule has 1 N–H and O–H groups in total. The predicted molar refractivity (Wildman–Crippen MR) is 87.4 cm³/mol. The van der Waals surface area contributed by atoms with Crippen molar-refractivity contribution >= 4 is 11.4 Å². The van der Waals surface area contributed by atoms with Crippen molar-refractivity contribution in [1.82, 2.24) is 4.98 Å². The van der Waals surface area contributed by atoms with Gasteiger partial charge in [-0.05, 0) is 25.1 Å². The van der Waals surface area contributed by atoms with Crippen molar-refractivity contribution in [1.29, 1.82) is 5.26 Å². The van der Waals surface area contributed by atoms with Gasteiger partial charge in [-0.25, -0.2) is 0 Å². The van der Waals surface area contributed by atoms with Crippen LogP contribution in [0.25, 0.3) is 0 Å². The molecule has 0 aliphatic carbocycles. The fourth-order valence-electron chi connectivity index (χ4n) is 2.87. The van der Waals surface area contributed by atoms with Crippen molar-refractivity contribution in [3.05, 3.63) is 58.0 Å². The predicted octanol–water partition coefficient (Wildman–Crippen LogP) is 1.88. The van der Waals surface area contributed by atoms with Crippen LogP contribution < -0.4 is 15.4 Å². The van der Waals surface area contributed by atoms with Crippen LogP contribution in [0.2, 0.25) is 0 Å². The number of aromatic nitrogens is 1. The number of H-pyrrole nitrogens is 1. The highest BCUT2D eigenvalue weighted by Crippen LogP contribution is 2.22. The van der Waals surface area contributed by atoms with Gasteiger partial charge < -0.3 is 14.8 Å². The first kappa shape index (κ1) is 14.2. The summed E-state index contributed by atoms with van der Waals surface area (Å²) in [6, 6.07) is 14.2. The summed E-state index contributed by atoms with van der Waals surface area (Å²) in [7, 11) is 0. The third-order valence-corrected chi connectivity index (χ3v) is 4.00. The van der Waals surface area contributed by atoms with Crippen LogP contribution in [0.1, 0.15) is 11.3 Å². The number of anilines is 2. The Morgan fingerprint density at radius 1 is 1.09 bits per heavy atom. The van der Waals surface area contributed by atoms with Gasteiger partial charge in [-0.3, -0.25) is 4.79 Å². The van der Waals surface area contributed by atoms with Crippen LogP contribution in [0.5, 0.6) is 0 Å². The van der Waals surface area contributed by atoms with E-state index in [9.17, 15) is 10.1 Å². The molecule has 1 saturated heterocycles. The first-order valence-electron chi connectivity index (χ1n) is 7.38. The van der Waals surface area contributed by atoms with E-state index in [1.807, 2.05) is 37.3 Å². The molecule has 1 aliphatic heterocycles. The first-order valence-corrected chi connectivity index (χ1v) is 7.38. The van der Waals surface area contributed by atoms with Gasteiger partial charge in [-0.2, -0.15) is 5.26 Å². The van der Waals surface area contributed by atoms with Crippen LogP contribution in [-0.2, 0) is 0 Å². The maximum atomic E-state index is 11.9. The molecule has 0 unspecified atom stereocenters. The van der Waals surface area contributed by atoms with E-state index in [1.54, 1.807) is 0 Å². The Morgan fingerprint density at radius 2 is 1.73 bits per heavy atom. The fourth-order valence-corrected chi connectivity index (χ4v) is 2.87. The standard InChI is InChI=1S/C17H18N4O/c1-13-11-16(15(12-18)17(22)19-13)21-9-7-20(8-10-21)14-5-3-2-4-6-14/h2-6,11H,7-10H2,1H3,(H,19,22). The topological polar surface area (TPSA) is 63.1 Å². The second kappa shape index (κ2) is 5.94. The molecule has 1 fully saturated rings. The summed E-state index contributed by atoms with van der Waals surface area (Å²) < 4.78 is 0. The minimum Gasteiger partial charge on any atom is -0.368 e. The highest BCUT2D eigenvalue weighted by atomic mass is 16.1. The summed E-state index contributed by atoms with van der Waals surface area (Å²) in [4.78, 5) is 19.0. The van der Waals surface area contributed by atoms with Crippen LogP contribution in [0.4, 0.5) is 11.4 Å². The summed E-state index contributed by atoms with van der Waals surface area (Å²) in [5, 5.41) is 9.24.